The molecule has 1 aromatic rings. The number of phenolic OH excluding ortho intramolecular Hbond substituents is 1. The second-order valence-corrected chi connectivity index (χ2v) is 7.81. The van der Waals surface area contributed by atoms with Crippen molar-refractivity contribution in [1.29, 1.82) is 0 Å². The van der Waals surface area contributed by atoms with E-state index in [9.17, 15) is 31.3 Å². The van der Waals surface area contributed by atoms with E-state index < -0.39 is 43.3 Å². The number of rotatable bonds is 4. The van der Waals surface area contributed by atoms with Crippen LogP contribution >= 0.6 is 0 Å². The van der Waals surface area contributed by atoms with Crippen LogP contribution in [0.25, 0.3) is 0 Å². The summed E-state index contributed by atoms with van der Waals surface area (Å²) in [4.78, 5) is 12.1. The molecule has 2 amide bonds. The highest BCUT2D eigenvalue weighted by Crippen LogP contribution is 2.41. The van der Waals surface area contributed by atoms with Gasteiger partial charge in [-0.2, -0.15) is 21.2 Å². The molecule has 1 unspecified atom stereocenters. The molecule has 0 radical (unpaired) electrons. The number of phenols is 1. The van der Waals surface area contributed by atoms with Crippen LogP contribution < -0.4 is 20.5 Å². The Kier molecular flexibility index (Phi) is 4.26. The fourth-order valence-electron chi connectivity index (χ4n) is 2.39. The zero-order valence-electron chi connectivity index (χ0n) is 12.1. The van der Waals surface area contributed by atoms with Gasteiger partial charge in [0.1, 0.15) is 11.4 Å². The first-order chi connectivity index (χ1) is 10.8. The van der Waals surface area contributed by atoms with Crippen LogP contribution in [0, 0.1) is 0 Å². The minimum Gasteiger partial charge on any atom is -0.506 e. The Labute approximate surface area is 137 Å². The highest BCUT2D eigenvalue weighted by Gasteiger charge is 2.37. The average Bonchev–Trinajstić information content (AvgIpc) is 2.71. The van der Waals surface area contributed by atoms with Crippen molar-refractivity contribution in [1.82, 2.24) is 5.43 Å². The van der Waals surface area contributed by atoms with Crippen LogP contribution in [0.5, 0.6) is 5.75 Å². The number of aromatic hydroxyl groups is 1. The number of carbonyl (C=O) groups excluding carboxylic acids is 1. The molecule has 1 aliphatic rings. The number of amides is 2. The van der Waals surface area contributed by atoms with E-state index in [-0.39, 0.29) is 22.1 Å². The van der Waals surface area contributed by atoms with Gasteiger partial charge in [-0.25, -0.2) is 10.2 Å². The molecule has 134 valence electrons. The van der Waals surface area contributed by atoms with Crippen molar-refractivity contribution in [2.24, 2.45) is 5.73 Å². The molecule has 12 nitrogen and oxygen atoms in total. The smallest absolute Gasteiger partial charge is 0.378 e. The van der Waals surface area contributed by atoms with E-state index in [1.807, 2.05) is 0 Å². The Morgan fingerprint density at radius 1 is 1.33 bits per heavy atom. The number of primary amides is 1. The quantitative estimate of drug-likeness (QED) is 0.314. The van der Waals surface area contributed by atoms with Gasteiger partial charge in [-0.3, -0.25) is 9.11 Å². The van der Waals surface area contributed by atoms with Gasteiger partial charge >= 0.3 is 16.3 Å². The van der Waals surface area contributed by atoms with E-state index in [0.29, 0.717) is 0 Å². The minimum atomic E-state index is -5.03. The topological polar surface area (TPSA) is 191 Å². The zero-order valence-corrected chi connectivity index (χ0v) is 13.7. The highest BCUT2D eigenvalue weighted by atomic mass is 32.2. The summed E-state index contributed by atoms with van der Waals surface area (Å²) in [6.07, 6.45) is -0.214. The third-order valence-corrected chi connectivity index (χ3v) is 5.31. The normalized spacial score (nSPS) is 17.5. The zero-order chi connectivity index (χ0) is 18.4. The number of nitrogens with zero attached hydrogens (tertiary/aromatic N) is 2. The van der Waals surface area contributed by atoms with Gasteiger partial charge in [0, 0.05) is 25.2 Å². The van der Waals surface area contributed by atoms with Crippen LogP contribution in [0.3, 0.4) is 0 Å². The lowest BCUT2D eigenvalue weighted by atomic mass is 10.1. The van der Waals surface area contributed by atoms with E-state index in [2.05, 4.69) is 0 Å². The van der Waals surface area contributed by atoms with Crippen molar-refractivity contribution in [3.63, 3.8) is 0 Å². The summed E-state index contributed by atoms with van der Waals surface area (Å²) in [7, 11) is -8.11. The van der Waals surface area contributed by atoms with E-state index in [0.717, 1.165) is 12.1 Å². The molecule has 0 saturated carbocycles. The van der Waals surface area contributed by atoms with Crippen LogP contribution in [0.15, 0.2) is 12.1 Å². The van der Waals surface area contributed by atoms with Crippen molar-refractivity contribution < 1.29 is 35.8 Å². The highest BCUT2D eigenvalue weighted by molar-refractivity contribution is 7.87. The molecule has 1 aromatic carbocycles. The SMILES string of the molecule is CN1c2cc(O)c(N(NC(N)=O)S(=O)(=O)O)cc2CC1S(=O)(=O)O. The molecule has 0 saturated heterocycles. The van der Waals surface area contributed by atoms with Crippen LogP contribution in [0.2, 0.25) is 0 Å². The Balaban J connectivity index is 2.56. The summed E-state index contributed by atoms with van der Waals surface area (Å²) in [5.74, 6) is -0.692. The van der Waals surface area contributed by atoms with Crippen molar-refractivity contribution in [2.75, 3.05) is 16.4 Å². The van der Waals surface area contributed by atoms with Crippen LogP contribution in [0.1, 0.15) is 5.56 Å². The number of hydrogen-bond acceptors (Lipinski definition) is 7. The molecule has 0 aliphatic carbocycles. The summed E-state index contributed by atoms with van der Waals surface area (Å²) >= 11 is 0. The third kappa shape index (κ3) is 3.30. The van der Waals surface area contributed by atoms with Gasteiger partial charge in [0.25, 0.3) is 10.1 Å². The second-order valence-electron chi connectivity index (χ2n) is 4.97. The number of anilines is 2. The summed E-state index contributed by atoms with van der Waals surface area (Å²) in [5, 5.41) is 8.65. The summed E-state index contributed by atoms with van der Waals surface area (Å²) in [5.41, 5.74) is 6.34. The molecule has 1 heterocycles. The number of fused-ring (bicyclic) bond motifs is 1. The summed E-state index contributed by atoms with van der Waals surface area (Å²) in [6.45, 7) is 0. The fourth-order valence-corrected chi connectivity index (χ4v) is 3.89. The van der Waals surface area contributed by atoms with Crippen LogP contribution in [-0.4, -0.2) is 49.5 Å². The Morgan fingerprint density at radius 2 is 1.92 bits per heavy atom. The molecular formula is C10H14N4O8S2. The van der Waals surface area contributed by atoms with Gasteiger partial charge in [0.2, 0.25) is 0 Å². The van der Waals surface area contributed by atoms with Crippen molar-refractivity contribution in [3.8, 4) is 5.75 Å². The van der Waals surface area contributed by atoms with Crippen LogP contribution in [0.4, 0.5) is 16.2 Å². The standard InChI is InChI=1S/C10H14N4O8S2/c1-13-6-4-8(15)7(14(12-10(11)16)24(20,21)22)2-5(6)3-9(13)23(17,18)19/h2,4,9,15H,3H2,1H3,(H3,11,12,16)(H,17,18,19)(H,20,21,22). The molecule has 1 aliphatic heterocycles. The maximum atomic E-state index is 11.4. The van der Waals surface area contributed by atoms with Crippen molar-refractivity contribution in [3.05, 3.63) is 17.7 Å². The Hall–Kier alpha value is -2.29. The second kappa shape index (κ2) is 5.66. The van der Waals surface area contributed by atoms with Crippen molar-refractivity contribution >= 4 is 37.8 Å². The fraction of sp³-hybridized carbons (Fsp3) is 0.300. The van der Waals surface area contributed by atoms with E-state index in [1.165, 1.54) is 11.9 Å². The number of benzene rings is 1. The number of nitrogens with one attached hydrogen (secondary N) is 1. The lowest BCUT2D eigenvalue weighted by Crippen LogP contribution is -2.48. The van der Waals surface area contributed by atoms with Crippen LogP contribution in [-0.2, 0) is 26.8 Å². The number of likely N-dealkylation sites (N-methyl/N-ethyl adjacent to an activating group) is 1. The average molecular weight is 382 g/mol. The van der Waals surface area contributed by atoms with Gasteiger partial charge in [-0.05, 0) is 11.6 Å². The molecule has 0 fully saturated rings. The molecule has 24 heavy (non-hydrogen) atoms. The molecule has 0 bridgehead atoms. The van der Waals surface area contributed by atoms with E-state index in [4.69, 9.17) is 10.3 Å². The van der Waals surface area contributed by atoms with Gasteiger partial charge in [0.15, 0.2) is 5.37 Å². The van der Waals surface area contributed by atoms with Gasteiger partial charge < -0.3 is 15.7 Å². The Bertz CT molecular complexity index is 898. The maximum absolute atomic E-state index is 11.4. The molecular weight excluding hydrogens is 368 g/mol. The summed E-state index contributed by atoms with van der Waals surface area (Å²) < 4.78 is 63.7. The number of urea groups is 1. The largest absolute Gasteiger partial charge is 0.506 e. The number of hydrogen-bond donors (Lipinski definition) is 5. The lowest BCUT2D eigenvalue weighted by Gasteiger charge is -2.23. The molecule has 1 atom stereocenters. The Morgan fingerprint density at radius 3 is 2.38 bits per heavy atom. The van der Waals surface area contributed by atoms with Crippen molar-refractivity contribution in [2.45, 2.75) is 11.8 Å². The first kappa shape index (κ1) is 18.1. The van der Waals surface area contributed by atoms with E-state index in [1.54, 1.807) is 5.43 Å². The first-order valence-corrected chi connectivity index (χ1v) is 9.11. The van der Waals surface area contributed by atoms with Gasteiger partial charge in [0.05, 0.1) is 0 Å². The first-order valence-electron chi connectivity index (χ1n) is 6.21. The molecule has 14 heteroatoms. The maximum Gasteiger partial charge on any atom is 0.378 e. The number of carbonyl (C=O) groups is 1. The van der Waals surface area contributed by atoms with Gasteiger partial charge in [-0.15, -0.1) is 0 Å². The van der Waals surface area contributed by atoms with Gasteiger partial charge in [-0.1, -0.05) is 0 Å². The monoisotopic (exact) mass is 382 g/mol. The van der Waals surface area contributed by atoms with E-state index >= 15 is 0 Å². The molecule has 6 N–H and O–H groups in total. The minimum absolute atomic E-state index is 0.0638. The lowest BCUT2D eigenvalue weighted by molar-refractivity contribution is 0.249. The predicted molar refractivity (Wildman–Crippen MR) is 82.3 cm³/mol. The predicted octanol–water partition coefficient (Wildman–Crippen LogP) is -1.21. The summed E-state index contributed by atoms with van der Waals surface area (Å²) in [6, 6.07) is 0.729. The molecule has 0 aromatic heterocycles. The number of nitrogens with two attached hydrogens (primary N) is 1. The third-order valence-electron chi connectivity index (χ3n) is 3.39. The molecule has 0 spiro atoms. The number of hydrazine groups is 1. The molecule has 2 rings (SSSR count).